The van der Waals surface area contributed by atoms with Gasteiger partial charge in [-0.25, -0.2) is 8.42 Å². The van der Waals surface area contributed by atoms with Crippen LogP contribution in [0.15, 0.2) is 23.1 Å². The van der Waals surface area contributed by atoms with E-state index < -0.39 is 27.0 Å². The normalized spacial score (nSPS) is 12.2. The van der Waals surface area contributed by atoms with Crippen molar-refractivity contribution in [3.63, 3.8) is 0 Å². The van der Waals surface area contributed by atoms with E-state index in [2.05, 4.69) is 5.32 Å². The molecule has 0 aliphatic rings. The molecule has 0 fully saturated rings. The summed E-state index contributed by atoms with van der Waals surface area (Å²) in [6.07, 6.45) is 0. The Hall–Kier alpha value is -1.27. The van der Waals surface area contributed by atoms with Crippen LogP contribution >= 0.6 is 11.6 Å². The van der Waals surface area contributed by atoms with Crippen molar-refractivity contribution in [2.45, 2.75) is 31.2 Å². The molecule has 0 heterocycles. The molecule has 3 N–H and O–H groups in total. The molecule has 0 aromatic heterocycles. The van der Waals surface area contributed by atoms with Gasteiger partial charge >= 0.3 is 0 Å². The number of rotatable bonds is 3. The number of anilines is 1. The molecule has 0 aliphatic carbocycles. The second-order valence-electron chi connectivity index (χ2n) is 5.25. The first-order valence-corrected chi connectivity index (χ1v) is 7.63. The summed E-state index contributed by atoms with van der Waals surface area (Å²) in [4.78, 5) is 11.6. The number of hydrogen-bond acceptors (Lipinski definition) is 4. The summed E-state index contributed by atoms with van der Waals surface area (Å²) >= 11 is 5.84. The topological polar surface area (TPSA) is 89.3 Å². The maximum Gasteiger partial charge on any atom is 0.235 e. The van der Waals surface area contributed by atoms with Crippen molar-refractivity contribution in [2.24, 2.45) is 0 Å². The van der Waals surface area contributed by atoms with Crippen molar-refractivity contribution in [3.05, 3.63) is 23.2 Å². The molecule has 0 unspecified atom stereocenters. The van der Waals surface area contributed by atoms with Gasteiger partial charge in [-0.15, -0.1) is 0 Å². The average molecular weight is 305 g/mol. The standard InChI is InChI=1S/C12H17ClN2O3S/c1-12(2,3)15-11(16)7-19(17,18)10-5-4-8(14)6-9(10)13/h4-6H,7,14H2,1-3H3,(H,15,16). The van der Waals surface area contributed by atoms with Gasteiger partial charge in [-0.2, -0.15) is 0 Å². The van der Waals surface area contributed by atoms with Crippen molar-refractivity contribution < 1.29 is 13.2 Å². The molecular formula is C12H17ClN2O3S. The summed E-state index contributed by atoms with van der Waals surface area (Å²) in [5, 5.41) is 2.61. The first-order valence-electron chi connectivity index (χ1n) is 5.60. The molecular weight excluding hydrogens is 288 g/mol. The monoisotopic (exact) mass is 304 g/mol. The van der Waals surface area contributed by atoms with Crippen LogP contribution < -0.4 is 11.1 Å². The van der Waals surface area contributed by atoms with E-state index in [0.717, 1.165) is 0 Å². The second kappa shape index (κ2) is 5.38. The van der Waals surface area contributed by atoms with Crippen molar-refractivity contribution in [1.29, 1.82) is 0 Å². The fourth-order valence-corrected chi connectivity index (χ4v) is 3.22. The summed E-state index contributed by atoms with van der Waals surface area (Å²) in [5.74, 6) is -1.21. The number of hydrogen-bond donors (Lipinski definition) is 2. The predicted octanol–water partition coefficient (Wildman–Crippen LogP) is 1.61. The highest BCUT2D eigenvalue weighted by Crippen LogP contribution is 2.24. The smallest absolute Gasteiger partial charge is 0.235 e. The molecule has 106 valence electrons. The number of carbonyl (C=O) groups is 1. The van der Waals surface area contributed by atoms with Gasteiger partial charge in [0.25, 0.3) is 0 Å². The molecule has 7 heteroatoms. The number of nitrogen functional groups attached to an aromatic ring is 1. The van der Waals surface area contributed by atoms with Crippen LogP contribution in [0, 0.1) is 0 Å². The van der Waals surface area contributed by atoms with Crippen LogP contribution in [0.1, 0.15) is 20.8 Å². The number of benzene rings is 1. The van der Waals surface area contributed by atoms with E-state index in [1.165, 1.54) is 18.2 Å². The van der Waals surface area contributed by atoms with Gasteiger partial charge in [0, 0.05) is 11.2 Å². The Kier molecular flexibility index (Phi) is 4.47. The Bertz CT molecular complexity index is 591. The number of carbonyl (C=O) groups excluding carboxylic acids is 1. The van der Waals surface area contributed by atoms with Gasteiger partial charge in [-0.1, -0.05) is 11.6 Å². The van der Waals surface area contributed by atoms with E-state index in [4.69, 9.17) is 17.3 Å². The van der Waals surface area contributed by atoms with Crippen LogP contribution in [0.2, 0.25) is 5.02 Å². The fourth-order valence-electron chi connectivity index (χ4n) is 1.47. The highest BCUT2D eigenvalue weighted by Gasteiger charge is 2.24. The van der Waals surface area contributed by atoms with Crippen LogP contribution in [0.3, 0.4) is 0 Å². The van der Waals surface area contributed by atoms with Crippen molar-refractivity contribution >= 4 is 33.0 Å². The third-order valence-electron chi connectivity index (χ3n) is 2.13. The van der Waals surface area contributed by atoms with Crippen LogP contribution in [0.25, 0.3) is 0 Å². The molecule has 0 atom stereocenters. The molecule has 1 rings (SSSR count). The molecule has 0 saturated heterocycles. The zero-order valence-electron chi connectivity index (χ0n) is 11.0. The summed E-state index contributed by atoms with van der Waals surface area (Å²) in [6.45, 7) is 5.31. The van der Waals surface area contributed by atoms with E-state index in [1.54, 1.807) is 20.8 Å². The third-order valence-corrected chi connectivity index (χ3v) is 4.22. The molecule has 0 spiro atoms. The first-order chi connectivity index (χ1) is 8.51. The molecule has 0 bridgehead atoms. The fraction of sp³-hybridized carbons (Fsp3) is 0.417. The van der Waals surface area contributed by atoms with E-state index in [0.29, 0.717) is 5.69 Å². The largest absolute Gasteiger partial charge is 0.399 e. The number of amides is 1. The zero-order valence-corrected chi connectivity index (χ0v) is 12.6. The lowest BCUT2D eigenvalue weighted by Crippen LogP contribution is -2.43. The van der Waals surface area contributed by atoms with Crippen LogP contribution in [0.5, 0.6) is 0 Å². The van der Waals surface area contributed by atoms with Crippen molar-refractivity contribution in [3.8, 4) is 0 Å². The quantitative estimate of drug-likeness (QED) is 0.830. The average Bonchev–Trinajstić information content (AvgIpc) is 2.11. The summed E-state index contributed by atoms with van der Waals surface area (Å²) in [5.41, 5.74) is 5.37. The maximum absolute atomic E-state index is 12.1. The molecule has 1 aromatic carbocycles. The third kappa shape index (κ3) is 4.72. The Morgan fingerprint density at radius 1 is 1.37 bits per heavy atom. The molecule has 1 amide bonds. The summed E-state index contributed by atoms with van der Waals surface area (Å²) in [7, 11) is -3.78. The Balaban J connectivity index is 2.96. The van der Waals surface area contributed by atoms with Gasteiger partial charge in [0.2, 0.25) is 5.91 Å². The van der Waals surface area contributed by atoms with Gasteiger partial charge in [0.05, 0.1) is 9.92 Å². The Labute approximate surface area is 118 Å². The summed E-state index contributed by atoms with van der Waals surface area (Å²) in [6, 6.07) is 4.08. The highest BCUT2D eigenvalue weighted by atomic mass is 35.5. The number of nitrogens with two attached hydrogens (primary N) is 1. The predicted molar refractivity (Wildman–Crippen MR) is 75.8 cm³/mol. The van der Waals surface area contributed by atoms with Crippen LogP contribution in [-0.2, 0) is 14.6 Å². The molecule has 0 saturated carbocycles. The molecule has 5 nitrogen and oxygen atoms in total. The van der Waals surface area contributed by atoms with E-state index >= 15 is 0 Å². The summed E-state index contributed by atoms with van der Waals surface area (Å²) < 4.78 is 24.1. The van der Waals surface area contributed by atoms with Crippen LogP contribution in [0.4, 0.5) is 5.69 Å². The zero-order chi connectivity index (χ0) is 14.8. The van der Waals surface area contributed by atoms with Gasteiger partial charge in [0.1, 0.15) is 5.75 Å². The molecule has 0 aliphatic heterocycles. The molecule has 19 heavy (non-hydrogen) atoms. The molecule has 0 radical (unpaired) electrons. The SMILES string of the molecule is CC(C)(C)NC(=O)CS(=O)(=O)c1ccc(N)cc1Cl. The second-order valence-corrected chi connectivity index (χ2v) is 7.61. The van der Waals surface area contributed by atoms with E-state index in [9.17, 15) is 13.2 Å². The highest BCUT2D eigenvalue weighted by molar-refractivity contribution is 7.92. The van der Waals surface area contributed by atoms with Crippen LogP contribution in [-0.4, -0.2) is 25.6 Å². The molecule has 1 aromatic rings. The lowest BCUT2D eigenvalue weighted by molar-refractivity contribution is -0.120. The minimum atomic E-state index is -3.78. The lowest BCUT2D eigenvalue weighted by Gasteiger charge is -2.20. The maximum atomic E-state index is 12.1. The first kappa shape index (κ1) is 15.8. The minimum Gasteiger partial charge on any atom is -0.399 e. The van der Waals surface area contributed by atoms with Gasteiger partial charge in [-0.3, -0.25) is 4.79 Å². The number of sulfone groups is 1. The van der Waals surface area contributed by atoms with Gasteiger partial charge in [-0.05, 0) is 39.0 Å². The van der Waals surface area contributed by atoms with Crippen molar-refractivity contribution in [2.75, 3.05) is 11.5 Å². The van der Waals surface area contributed by atoms with Crippen molar-refractivity contribution in [1.82, 2.24) is 5.32 Å². The van der Waals surface area contributed by atoms with Gasteiger partial charge in [0.15, 0.2) is 9.84 Å². The number of nitrogens with one attached hydrogen (secondary N) is 1. The van der Waals surface area contributed by atoms with E-state index in [1.807, 2.05) is 0 Å². The lowest BCUT2D eigenvalue weighted by atomic mass is 10.1. The minimum absolute atomic E-state index is 0.0172. The number of halogens is 1. The Morgan fingerprint density at radius 2 is 1.95 bits per heavy atom. The Morgan fingerprint density at radius 3 is 2.42 bits per heavy atom. The van der Waals surface area contributed by atoms with Gasteiger partial charge < -0.3 is 11.1 Å². The van der Waals surface area contributed by atoms with E-state index in [-0.39, 0.29) is 9.92 Å².